The zero-order valence-electron chi connectivity index (χ0n) is 16.9. The number of carbonyl (C=O) groups excluding carboxylic acids is 2. The van der Waals surface area contributed by atoms with Crippen molar-refractivity contribution < 1.29 is 18.0 Å². The zero-order chi connectivity index (χ0) is 21.6. The lowest BCUT2D eigenvalue weighted by Gasteiger charge is -2.17. The molecule has 0 aromatic heterocycles. The SMILES string of the molecule is Cc1ccc(S(=O)(=O)N(C)CC(=O)NNC(=O)CSc2ccc(C)c(C)c2)cc1. The lowest BCUT2D eigenvalue weighted by Crippen LogP contribution is -2.47. The average Bonchev–Trinajstić information content (AvgIpc) is 2.67. The van der Waals surface area contributed by atoms with Crippen molar-refractivity contribution in [2.24, 2.45) is 0 Å². The maximum atomic E-state index is 12.5. The highest BCUT2D eigenvalue weighted by Gasteiger charge is 2.22. The summed E-state index contributed by atoms with van der Waals surface area (Å²) in [6.07, 6.45) is 0. The minimum Gasteiger partial charge on any atom is -0.272 e. The molecular formula is C20H25N3O4S2. The number of carbonyl (C=O) groups is 2. The molecule has 2 aromatic rings. The Kier molecular flexibility index (Phi) is 7.83. The number of sulfonamides is 1. The Balaban J connectivity index is 1.81. The third kappa shape index (κ3) is 6.59. The summed E-state index contributed by atoms with van der Waals surface area (Å²) in [6, 6.07) is 12.3. The van der Waals surface area contributed by atoms with E-state index in [4.69, 9.17) is 0 Å². The van der Waals surface area contributed by atoms with Crippen LogP contribution in [0.5, 0.6) is 0 Å². The van der Waals surface area contributed by atoms with Crippen LogP contribution in [0.25, 0.3) is 0 Å². The predicted octanol–water partition coefficient (Wildman–Crippen LogP) is 2.17. The standard InChI is InChI=1S/C20H25N3O4S2/c1-14-5-9-18(10-6-14)29(26,27)23(4)12-19(24)21-22-20(25)13-28-17-8-7-15(2)16(3)11-17/h5-11H,12-13H2,1-4H3,(H,21,24)(H,22,25). The number of hydrogen-bond acceptors (Lipinski definition) is 5. The van der Waals surface area contributed by atoms with Gasteiger partial charge in [-0.2, -0.15) is 4.31 Å². The van der Waals surface area contributed by atoms with Crippen LogP contribution in [-0.2, 0) is 19.6 Å². The van der Waals surface area contributed by atoms with Crippen molar-refractivity contribution in [2.75, 3.05) is 19.3 Å². The molecule has 0 saturated heterocycles. The van der Waals surface area contributed by atoms with E-state index in [0.29, 0.717) is 0 Å². The highest BCUT2D eigenvalue weighted by atomic mass is 32.2. The second-order valence-electron chi connectivity index (χ2n) is 6.71. The molecule has 0 heterocycles. The number of likely N-dealkylation sites (N-methyl/N-ethyl adjacent to an activating group) is 1. The molecule has 0 unspecified atom stereocenters. The number of rotatable bonds is 7. The van der Waals surface area contributed by atoms with Gasteiger partial charge in [-0.1, -0.05) is 23.8 Å². The average molecular weight is 436 g/mol. The number of benzene rings is 2. The van der Waals surface area contributed by atoms with Gasteiger partial charge in [-0.25, -0.2) is 8.42 Å². The van der Waals surface area contributed by atoms with Crippen LogP contribution in [-0.4, -0.2) is 43.9 Å². The van der Waals surface area contributed by atoms with Crippen molar-refractivity contribution in [3.05, 3.63) is 59.2 Å². The summed E-state index contributed by atoms with van der Waals surface area (Å²) in [6.45, 7) is 5.46. The summed E-state index contributed by atoms with van der Waals surface area (Å²) < 4.78 is 25.9. The van der Waals surface area contributed by atoms with Gasteiger partial charge < -0.3 is 0 Å². The van der Waals surface area contributed by atoms with Crippen molar-refractivity contribution in [1.29, 1.82) is 0 Å². The highest BCUT2D eigenvalue weighted by Crippen LogP contribution is 2.20. The molecule has 0 aliphatic rings. The van der Waals surface area contributed by atoms with Gasteiger partial charge >= 0.3 is 0 Å². The van der Waals surface area contributed by atoms with Crippen LogP contribution in [0.1, 0.15) is 16.7 Å². The first-order valence-corrected chi connectivity index (χ1v) is 11.3. The number of nitrogens with one attached hydrogen (secondary N) is 2. The molecule has 2 aromatic carbocycles. The first-order valence-electron chi connectivity index (χ1n) is 8.90. The second-order valence-corrected chi connectivity index (χ2v) is 9.80. The molecule has 2 amide bonds. The molecule has 0 fully saturated rings. The summed E-state index contributed by atoms with van der Waals surface area (Å²) in [4.78, 5) is 25.0. The first kappa shape index (κ1) is 22.9. The Morgan fingerprint density at radius 3 is 2.17 bits per heavy atom. The van der Waals surface area contributed by atoms with Crippen molar-refractivity contribution in [3.8, 4) is 0 Å². The molecule has 2 N–H and O–H groups in total. The highest BCUT2D eigenvalue weighted by molar-refractivity contribution is 8.00. The summed E-state index contributed by atoms with van der Waals surface area (Å²) in [7, 11) is -2.48. The van der Waals surface area contributed by atoms with E-state index in [2.05, 4.69) is 10.9 Å². The molecule has 0 radical (unpaired) electrons. The maximum Gasteiger partial charge on any atom is 0.253 e. The summed E-state index contributed by atoms with van der Waals surface area (Å²) in [5.41, 5.74) is 7.80. The van der Waals surface area contributed by atoms with Gasteiger partial charge in [0.2, 0.25) is 15.9 Å². The van der Waals surface area contributed by atoms with Crippen molar-refractivity contribution in [3.63, 3.8) is 0 Å². The topological polar surface area (TPSA) is 95.6 Å². The molecule has 9 heteroatoms. The zero-order valence-corrected chi connectivity index (χ0v) is 18.5. The summed E-state index contributed by atoms with van der Waals surface area (Å²) in [5.74, 6) is -0.890. The number of thioether (sulfide) groups is 1. The monoisotopic (exact) mass is 435 g/mol. The normalized spacial score (nSPS) is 11.3. The van der Waals surface area contributed by atoms with Crippen LogP contribution in [0.2, 0.25) is 0 Å². The molecule has 156 valence electrons. The van der Waals surface area contributed by atoms with E-state index in [1.807, 2.05) is 39.0 Å². The predicted molar refractivity (Wildman–Crippen MR) is 114 cm³/mol. The Morgan fingerprint density at radius 2 is 1.55 bits per heavy atom. The van der Waals surface area contributed by atoms with Gasteiger partial charge in [0, 0.05) is 11.9 Å². The number of hydrogen-bond donors (Lipinski definition) is 2. The van der Waals surface area contributed by atoms with Crippen LogP contribution in [0.15, 0.2) is 52.3 Å². The smallest absolute Gasteiger partial charge is 0.253 e. The van der Waals surface area contributed by atoms with Gasteiger partial charge in [0.05, 0.1) is 17.2 Å². The van der Waals surface area contributed by atoms with E-state index < -0.39 is 22.5 Å². The van der Waals surface area contributed by atoms with E-state index in [-0.39, 0.29) is 16.6 Å². The van der Waals surface area contributed by atoms with Crippen molar-refractivity contribution >= 4 is 33.6 Å². The van der Waals surface area contributed by atoms with Crippen LogP contribution >= 0.6 is 11.8 Å². The third-order valence-corrected chi connectivity index (χ3v) is 7.10. The Labute approximate surface area is 175 Å². The van der Waals surface area contributed by atoms with Crippen molar-refractivity contribution in [2.45, 2.75) is 30.6 Å². The first-order chi connectivity index (χ1) is 13.6. The van der Waals surface area contributed by atoms with Gasteiger partial charge in [0.15, 0.2) is 0 Å². The Morgan fingerprint density at radius 1 is 0.931 bits per heavy atom. The van der Waals surface area contributed by atoms with Crippen LogP contribution < -0.4 is 10.9 Å². The lowest BCUT2D eigenvalue weighted by molar-refractivity contribution is -0.127. The van der Waals surface area contributed by atoms with Gasteiger partial charge in [-0.3, -0.25) is 20.4 Å². The molecule has 2 rings (SSSR count). The van der Waals surface area contributed by atoms with Gasteiger partial charge in [-0.05, 0) is 56.2 Å². The van der Waals surface area contributed by atoms with Crippen LogP contribution in [0.4, 0.5) is 0 Å². The third-order valence-electron chi connectivity index (χ3n) is 4.29. The minimum absolute atomic E-state index is 0.104. The summed E-state index contributed by atoms with van der Waals surface area (Å²) >= 11 is 1.35. The van der Waals surface area contributed by atoms with Crippen LogP contribution in [0, 0.1) is 20.8 Å². The minimum atomic E-state index is -3.79. The molecule has 0 aliphatic carbocycles. The Hall–Kier alpha value is -2.36. The van der Waals surface area contributed by atoms with E-state index in [1.54, 1.807) is 12.1 Å². The van der Waals surface area contributed by atoms with Gasteiger partial charge in [0.1, 0.15) is 0 Å². The molecule has 0 saturated carbocycles. The molecular weight excluding hydrogens is 410 g/mol. The van der Waals surface area contributed by atoms with Gasteiger partial charge in [0.25, 0.3) is 5.91 Å². The number of hydrazine groups is 1. The van der Waals surface area contributed by atoms with E-state index in [0.717, 1.165) is 20.3 Å². The van der Waals surface area contributed by atoms with E-state index >= 15 is 0 Å². The second kappa shape index (κ2) is 9.91. The lowest BCUT2D eigenvalue weighted by atomic mass is 10.1. The fraction of sp³-hybridized carbons (Fsp3) is 0.300. The molecule has 7 nitrogen and oxygen atoms in total. The van der Waals surface area contributed by atoms with E-state index in [1.165, 1.54) is 36.5 Å². The van der Waals surface area contributed by atoms with Crippen LogP contribution in [0.3, 0.4) is 0 Å². The molecule has 0 spiro atoms. The quantitative estimate of drug-likeness (QED) is 0.513. The van der Waals surface area contributed by atoms with Crippen molar-refractivity contribution in [1.82, 2.24) is 15.2 Å². The fourth-order valence-corrected chi connectivity index (χ4v) is 4.27. The molecule has 29 heavy (non-hydrogen) atoms. The molecule has 0 bridgehead atoms. The number of aryl methyl sites for hydroxylation is 3. The largest absolute Gasteiger partial charge is 0.272 e. The molecule has 0 atom stereocenters. The maximum absolute atomic E-state index is 12.5. The fourth-order valence-electron chi connectivity index (χ4n) is 2.35. The Bertz CT molecular complexity index is 989. The van der Waals surface area contributed by atoms with Gasteiger partial charge in [-0.15, -0.1) is 11.8 Å². The number of nitrogens with zero attached hydrogens (tertiary/aromatic N) is 1. The number of amides is 2. The molecule has 0 aliphatic heterocycles. The summed E-state index contributed by atoms with van der Waals surface area (Å²) in [5, 5.41) is 0. The van der Waals surface area contributed by atoms with E-state index in [9.17, 15) is 18.0 Å².